The van der Waals surface area contributed by atoms with Crippen LogP contribution in [0.2, 0.25) is 0 Å². The zero-order valence-corrected chi connectivity index (χ0v) is 48.7. The molecule has 0 radical (unpaired) electrons. The van der Waals surface area contributed by atoms with Crippen LogP contribution in [0.5, 0.6) is 0 Å². The molecule has 0 saturated heterocycles. The molecule has 2 nitrogen and oxygen atoms in total. The third-order valence-electron chi connectivity index (χ3n) is 13.5. The molecule has 2 rings (SSSR count). The molecule has 398 valence electrons. The fraction of sp³-hybridized carbons (Fsp3) is 0.727. The summed E-state index contributed by atoms with van der Waals surface area (Å²) in [5.74, 6) is 2.97. The van der Waals surface area contributed by atoms with Crippen LogP contribution in [0, 0.1) is 13.8 Å². The van der Waals surface area contributed by atoms with E-state index in [2.05, 4.69) is 115 Å². The van der Waals surface area contributed by atoms with E-state index < -0.39 is 0 Å². The first-order valence-corrected chi connectivity index (χ1v) is 29.9. The first kappa shape index (κ1) is 69.1. The predicted octanol–water partition coefficient (Wildman–Crippen LogP) is 22.3. The Hall–Kier alpha value is -2.00. The Bertz CT molecular complexity index is 1430. The normalized spacial score (nSPS) is 10.9. The Morgan fingerprint density at radius 2 is 0.652 bits per heavy atom. The molecule has 0 atom stereocenters. The fourth-order valence-corrected chi connectivity index (χ4v) is 9.16. The van der Waals surface area contributed by atoms with Gasteiger partial charge in [-0.2, -0.15) is 12.8 Å². The maximum atomic E-state index is 9.62. The van der Waals surface area contributed by atoms with Gasteiger partial charge in [-0.1, -0.05) is 271 Å². The Kier molecular flexibility index (Phi) is 53.9. The van der Waals surface area contributed by atoms with E-state index in [1.807, 2.05) is 0 Å². The molecule has 0 unspecified atom stereocenters. The van der Waals surface area contributed by atoms with Crippen molar-refractivity contribution < 1.29 is 25.2 Å². The summed E-state index contributed by atoms with van der Waals surface area (Å²) >= 11 is 0. The predicted molar refractivity (Wildman–Crippen MR) is 308 cm³/mol. The van der Waals surface area contributed by atoms with Crippen LogP contribution in [-0.4, -0.2) is 10.7 Å². The second-order valence-electron chi connectivity index (χ2n) is 20.4. The minimum Gasteiger partial charge on any atom is -0.348 e. The molecule has 69 heavy (non-hydrogen) atoms. The van der Waals surface area contributed by atoms with Crippen molar-refractivity contribution in [3.05, 3.63) is 101 Å². The molecular formula is C66H114N2Pd. The summed E-state index contributed by atoms with van der Waals surface area (Å²) in [6.45, 7) is 23.6. The van der Waals surface area contributed by atoms with Crippen molar-refractivity contribution >= 4 is 11.4 Å². The Labute approximate surface area is 446 Å². The third kappa shape index (κ3) is 41.2. The second-order valence-corrected chi connectivity index (χ2v) is 20.4. The van der Waals surface area contributed by atoms with E-state index in [0.29, 0.717) is 0 Å². The molecular weight excluding hydrogens is 927 g/mol. The topological polar surface area (TPSA) is 36.4 Å². The van der Waals surface area contributed by atoms with Crippen molar-refractivity contribution in [1.82, 2.24) is 0 Å². The third-order valence-corrected chi connectivity index (χ3v) is 13.5. The molecule has 0 aliphatic rings. The number of rotatable bonds is 42. The largest absolute Gasteiger partial charge is 2.00 e. The van der Waals surface area contributed by atoms with Crippen molar-refractivity contribution in [2.75, 3.05) is 0 Å². The number of nitrogens with zero attached hydrogens (tertiary/aromatic N) is 2. The van der Waals surface area contributed by atoms with Gasteiger partial charge in [0.2, 0.25) is 0 Å². The summed E-state index contributed by atoms with van der Waals surface area (Å²) < 4.78 is 0. The monoisotopic (exact) mass is 1040 g/mol. The number of hydrogen-bond donors (Lipinski definition) is 0. The van der Waals surface area contributed by atoms with Crippen LogP contribution in [0.4, 0.5) is 0 Å². The molecule has 0 saturated carbocycles. The summed E-state index contributed by atoms with van der Waals surface area (Å²) in [5.41, 5.74) is 20.4. The van der Waals surface area contributed by atoms with Gasteiger partial charge in [-0.05, 0) is 109 Å². The number of hydrogen-bond acceptors (Lipinski definition) is 0. The van der Waals surface area contributed by atoms with Crippen molar-refractivity contribution in [2.24, 2.45) is 0 Å². The van der Waals surface area contributed by atoms with Gasteiger partial charge in [0.25, 0.3) is 0 Å². The molecule has 0 amide bonds. The van der Waals surface area contributed by atoms with Crippen molar-refractivity contribution in [3.63, 3.8) is 0 Å². The quantitative estimate of drug-likeness (QED) is 0.0121. The van der Waals surface area contributed by atoms with Gasteiger partial charge in [0.05, 0.1) is 5.57 Å². The van der Waals surface area contributed by atoms with Gasteiger partial charge in [-0.25, -0.2) is 0 Å². The fourth-order valence-electron chi connectivity index (χ4n) is 9.16. The van der Waals surface area contributed by atoms with Crippen LogP contribution < -0.4 is 0 Å². The summed E-state index contributed by atoms with van der Waals surface area (Å²) in [4.78, 5) is 3.41. The molecule has 0 aliphatic heterocycles. The van der Waals surface area contributed by atoms with E-state index in [1.165, 1.54) is 244 Å². The number of unbranched alkanes of at least 4 members (excludes halogenated alkanes) is 29. The van der Waals surface area contributed by atoms with Crippen LogP contribution in [0.1, 0.15) is 319 Å². The number of benzene rings is 2. The first-order valence-electron chi connectivity index (χ1n) is 29.9. The van der Waals surface area contributed by atoms with Gasteiger partial charge >= 0.3 is 26.3 Å². The van der Waals surface area contributed by atoms with E-state index in [9.17, 15) is 5.53 Å². The molecule has 0 N–H and O–H groups in total. The van der Waals surface area contributed by atoms with Gasteiger partial charge in [-0.15, -0.1) is 4.79 Å². The minimum atomic E-state index is 0. The molecule has 0 aromatic heterocycles. The van der Waals surface area contributed by atoms with Gasteiger partial charge < -0.3 is 19.4 Å². The molecule has 3 heteroatoms. The van der Waals surface area contributed by atoms with Crippen molar-refractivity contribution in [1.29, 1.82) is 0 Å². The SMILES string of the molecule is CCCCCCCCc1cc(CCCCCCCC)cc(C(=CC(=C=[N+]=[N-])CCCC)c2cc(CCCCC)cc(CCCCC)c2)c1.[CH2-]CCCCCCCCC.[CH2-]CCCCCCCCC.[Pd+2]. The average Bonchev–Trinajstić information content (AvgIpc) is 3.35. The molecule has 0 heterocycles. The van der Waals surface area contributed by atoms with E-state index in [4.69, 9.17) is 0 Å². The summed E-state index contributed by atoms with van der Waals surface area (Å²) in [6, 6.07) is 14.9. The molecule has 0 bridgehead atoms. The van der Waals surface area contributed by atoms with Gasteiger partial charge in [0.1, 0.15) is 0 Å². The van der Waals surface area contributed by atoms with Gasteiger partial charge in [0, 0.05) is 0 Å². The number of allylic oxidation sites excluding steroid dienone is 2. The van der Waals surface area contributed by atoms with Gasteiger partial charge in [-0.3, -0.25) is 0 Å². The summed E-state index contributed by atoms with van der Waals surface area (Å²) in [6.07, 6.45) is 55.1. The minimum absolute atomic E-state index is 0. The van der Waals surface area contributed by atoms with E-state index >= 15 is 0 Å². The molecule has 2 aromatic carbocycles. The Morgan fingerprint density at radius 3 is 0.942 bits per heavy atom. The molecule has 0 spiro atoms. The van der Waals surface area contributed by atoms with E-state index in [0.717, 1.165) is 63.4 Å². The van der Waals surface area contributed by atoms with Crippen LogP contribution >= 0.6 is 0 Å². The second kappa shape index (κ2) is 53.8. The zero-order valence-electron chi connectivity index (χ0n) is 47.2. The summed E-state index contributed by atoms with van der Waals surface area (Å²) in [7, 11) is 0. The van der Waals surface area contributed by atoms with Crippen LogP contribution in [0.3, 0.4) is 0 Å². The van der Waals surface area contributed by atoms with E-state index in [-0.39, 0.29) is 20.4 Å². The number of aryl methyl sites for hydroxylation is 4. The van der Waals surface area contributed by atoms with Crippen LogP contribution in [-0.2, 0) is 46.1 Å². The Balaban J connectivity index is 0. The van der Waals surface area contributed by atoms with Gasteiger partial charge in [0.15, 0.2) is 0 Å². The maximum absolute atomic E-state index is 9.62. The smallest absolute Gasteiger partial charge is 0.348 e. The maximum Gasteiger partial charge on any atom is 2.00 e. The Morgan fingerprint density at radius 1 is 0.391 bits per heavy atom. The molecule has 0 fully saturated rings. The zero-order chi connectivity index (χ0) is 50.0. The van der Waals surface area contributed by atoms with Crippen molar-refractivity contribution in [3.8, 4) is 0 Å². The molecule has 2 aromatic rings. The van der Waals surface area contributed by atoms with Crippen molar-refractivity contribution in [2.45, 2.75) is 312 Å². The molecule has 0 aliphatic carbocycles. The standard InChI is InChI=1S/C46H72N2.2C10H21.Pd/c1-6-11-16-18-20-24-29-41-32-42(30-25-21-19-17-12-7-2)36-45(35-41)46(37-43(38-48-47)26-15-10-5)44-33-39(27-22-13-8-3)31-40(34-44)28-23-14-9-4;2*1-3-5-7-9-10-8-6-4-2;/h31-37H,6-30H2,1-5H3;2*1,3-10H2,2H3;/q;2*-1;+2. The first-order chi connectivity index (χ1) is 33.4. The van der Waals surface area contributed by atoms with E-state index in [1.54, 1.807) is 0 Å². The average molecular weight is 1040 g/mol. The van der Waals surface area contributed by atoms with Crippen LogP contribution in [0.15, 0.2) is 48.0 Å². The van der Waals surface area contributed by atoms with Crippen LogP contribution in [0.25, 0.3) is 11.1 Å². The summed E-state index contributed by atoms with van der Waals surface area (Å²) in [5, 5.41) is 0.